The van der Waals surface area contributed by atoms with Gasteiger partial charge in [-0.1, -0.05) is 42.5 Å². The number of primary amides is 1. The van der Waals surface area contributed by atoms with Crippen molar-refractivity contribution in [3.05, 3.63) is 111 Å². The fourth-order valence-corrected chi connectivity index (χ4v) is 7.32. The third kappa shape index (κ3) is 4.87. The van der Waals surface area contributed by atoms with E-state index in [1.807, 2.05) is 30.3 Å². The molecule has 3 aromatic carbocycles. The number of phenolic OH excluding ortho intramolecular Hbond substituents is 1. The molecule has 0 aromatic heterocycles. The molecule has 3 aliphatic rings. The largest absolute Gasteiger partial charge is 0.510 e. The third-order valence-electron chi connectivity index (χ3n) is 9.42. The van der Waals surface area contributed by atoms with Gasteiger partial charge in [0, 0.05) is 24.6 Å². The maximum absolute atomic E-state index is 14.0. The van der Waals surface area contributed by atoms with Gasteiger partial charge in [0.2, 0.25) is 5.78 Å². The summed E-state index contributed by atoms with van der Waals surface area (Å²) in [6.07, 6.45) is 0.200. The van der Waals surface area contributed by atoms with E-state index in [9.17, 15) is 39.2 Å². The highest BCUT2D eigenvalue weighted by atomic mass is 19.1. The predicted octanol–water partition coefficient (Wildman–Crippen LogP) is 3.22. The van der Waals surface area contributed by atoms with Gasteiger partial charge in [0.05, 0.1) is 11.6 Å². The Balaban J connectivity index is 1.34. The van der Waals surface area contributed by atoms with Crippen molar-refractivity contribution >= 4 is 17.5 Å². The number of benzene rings is 3. The molecule has 7 N–H and O–H groups in total. The number of carbonyl (C=O) groups is 3. The predicted molar refractivity (Wildman–Crippen MR) is 166 cm³/mol. The Morgan fingerprint density at radius 2 is 1.72 bits per heavy atom. The third-order valence-corrected chi connectivity index (χ3v) is 9.42. The number of ketones is 2. The highest BCUT2D eigenvalue weighted by Gasteiger charge is 2.63. The zero-order valence-electron chi connectivity index (χ0n) is 25.3. The molecule has 0 bridgehead atoms. The molecule has 0 radical (unpaired) electrons. The summed E-state index contributed by atoms with van der Waals surface area (Å²) in [5.41, 5.74) is 5.46. The van der Waals surface area contributed by atoms with E-state index in [1.165, 1.54) is 23.1 Å². The van der Waals surface area contributed by atoms with Crippen LogP contribution in [0.25, 0.3) is 11.1 Å². The van der Waals surface area contributed by atoms with Crippen LogP contribution in [-0.2, 0) is 29.1 Å². The Morgan fingerprint density at radius 1 is 1.02 bits per heavy atom. The number of amides is 1. The van der Waals surface area contributed by atoms with E-state index >= 15 is 0 Å². The molecule has 1 amide bonds. The summed E-state index contributed by atoms with van der Waals surface area (Å²) in [6.45, 7) is 1.03. The van der Waals surface area contributed by atoms with Gasteiger partial charge in [-0.05, 0) is 78.9 Å². The number of carbonyl (C=O) groups excluding carboxylic acids is 3. The van der Waals surface area contributed by atoms with E-state index in [0.717, 1.165) is 16.7 Å². The average molecular weight is 628 g/mol. The lowest BCUT2D eigenvalue weighted by Crippen LogP contribution is -2.63. The van der Waals surface area contributed by atoms with Crippen LogP contribution < -0.4 is 11.1 Å². The fourth-order valence-electron chi connectivity index (χ4n) is 7.32. The fraction of sp³-hybridized carbons (Fsp3) is 0.286. The van der Waals surface area contributed by atoms with Crippen LogP contribution in [0.1, 0.15) is 33.5 Å². The number of nitrogens with zero attached hydrogens (tertiary/aromatic N) is 1. The van der Waals surface area contributed by atoms with Gasteiger partial charge in [0.25, 0.3) is 5.91 Å². The second kappa shape index (κ2) is 11.5. The van der Waals surface area contributed by atoms with E-state index in [-0.39, 0.29) is 35.5 Å². The van der Waals surface area contributed by atoms with Gasteiger partial charge in [0.1, 0.15) is 28.7 Å². The molecule has 0 aliphatic heterocycles. The van der Waals surface area contributed by atoms with Crippen molar-refractivity contribution in [1.82, 2.24) is 10.2 Å². The van der Waals surface area contributed by atoms with Crippen molar-refractivity contribution in [2.24, 2.45) is 17.6 Å². The van der Waals surface area contributed by atoms with Gasteiger partial charge in [-0.3, -0.25) is 19.3 Å². The summed E-state index contributed by atoms with van der Waals surface area (Å²) in [4.78, 5) is 41.2. The van der Waals surface area contributed by atoms with Crippen molar-refractivity contribution < 1.29 is 39.2 Å². The van der Waals surface area contributed by atoms with Crippen molar-refractivity contribution in [3.63, 3.8) is 0 Å². The molecule has 0 saturated carbocycles. The minimum atomic E-state index is -2.68. The van der Waals surface area contributed by atoms with Crippen LogP contribution in [0, 0.1) is 17.7 Å². The molecule has 4 atom stereocenters. The molecule has 3 aliphatic carbocycles. The second-order valence-corrected chi connectivity index (χ2v) is 12.4. The topological polar surface area (TPSA) is 173 Å². The number of Topliss-reactive ketones (excluding diaryl/α,β-unsaturated/α-hetero) is 2. The molecule has 238 valence electrons. The lowest BCUT2D eigenvalue weighted by atomic mass is 9.58. The first kappa shape index (κ1) is 31.2. The monoisotopic (exact) mass is 627 g/mol. The number of fused-ring (bicyclic) bond motifs is 3. The van der Waals surface area contributed by atoms with Gasteiger partial charge in [-0.25, -0.2) is 4.39 Å². The normalized spacial score (nSPS) is 24.2. The Morgan fingerprint density at radius 3 is 2.37 bits per heavy atom. The van der Waals surface area contributed by atoms with Crippen molar-refractivity contribution in [1.29, 1.82) is 0 Å². The minimum absolute atomic E-state index is 0.0107. The first-order valence-corrected chi connectivity index (χ1v) is 14.9. The first-order chi connectivity index (χ1) is 21.8. The van der Waals surface area contributed by atoms with Crippen LogP contribution in [0.4, 0.5) is 4.39 Å². The summed E-state index contributed by atoms with van der Waals surface area (Å²) in [6, 6.07) is 16.1. The first-order valence-electron chi connectivity index (χ1n) is 14.9. The van der Waals surface area contributed by atoms with Gasteiger partial charge >= 0.3 is 0 Å². The van der Waals surface area contributed by atoms with Gasteiger partial charge in [0.15, 0.2) is 11.4 Å². The molecule has 10 nitrogen and oxygen atoms in total. The summed E-state index contributed by atoms with van der Waals surface area (Å²) in [5, 5.41) is 48.3. The molecule has 0 heterocycles. The molecule has 3 aromatic rings. The minimum Gasteiger partial charge on any atom is -0.510 e. The Bertz CT molecular complexity index is 1850. The van der Waals surface area contributed by atoms with E-state index in [1.54, 1.807) is 26.2 Å². The maximum atomic E-state index is 14.0. The van der Waals surface area contributed by atoms with Crippen molar-refractivity contribution in [2.75, 3.05) is 14.1 Å². The lowest BCUT2D eigenvalue weighted by molar-refractivity contribution is -0.148. The quantitative estimate of drug-likeness (QED) is 0.215. The number of allylic oxidation sites excluding steroid dienone is 1. The molecule has 0 fully saturated rings. The van der Waals surface area contributed by atoms with E-state index < -0.39 is 58.0 Å². The molecule has 46 heavy (non-hydrogen) atoms. The van der Waals surface area contributed by atoms with E-state index in [4.69, 9.17) is 5.73 Å². The SMILES string of the molecule is CN(C)C1C(O)=C(C(N)=O)C(=O)[C@@]2(O)C(O)=C3C(=O)c4c(O)ccc(-c5ccc(CNCc6cccc(F)c6)cc5)c4C[C@@H]3C[C@H]12. The number of rotatable bonds is 7. The number of nitrogens with two attached hydrogens (primary N) is 1. The van der Waals surface area contributed by atoms with Crippen LogP contribution in [0.5, 0.6) is 5.75 Å². The number of likely N-dealkylation sites (N-methyl/N-ethyl adjacent to an activating group) is 1. The number of aromatic hydroxyl groups is 1. The van der Waals surface area contributed by atoms with Gasteiger partial charge in [-0.2, -0.15) is 0 Å². The highest BCUT2D eigenvalue weighted by Crippen LogP contribution is 2.53. The van der Waals surface area contributed by atoms with Crippen molar-refractivity contribution in [2.45, 2.75) is 37.6 Å². The lowest BCUT2D eigenvalue weighted by Gasteiger charge is -2.50. The van der Waals surface area contributed by atoms with Crippen LogP contribution in [0.15, 0.2) is 83.3 Å². The molecular weight excluding hydrogens is 593 g/mol. The number of aliphatic hydroxyl groups excluding tert-OH is 2. The van der Waals surface area contributed by atoms with Gasteiger partial charge in [-0.15, -0.1) is 0 Å². The Kier molecular flexibility index (Phi) is 7.79. The average Bonchev–Trinajstić information content (AvgIpc) is 2.99. The van der Waals surface area contributed by atoms with Crippen molar-refractivity contribution in [3.8, 4) is 16.9 Å². The molecule has 6 rings (SSSR count). The Labute approximate surface area is 264 Å². The second-order valence-electron chi connectivity index (χ2n) is 12.4. The Hall–Kier alpha value is -4.84. The number of aliphatic hydroxyl groups is 3. The van der Waals surface area contributed by atoms with Crippen LogP contribution >= 0.6 is 0 Å². The molecular formula is C35H34FN3O7. The number of hydrogen-bond acceptors (Lipinski definition) is 9. The molecule has 11 heteroatoms. The zero-order valence-corrected chi connectivity index (χ0v) is 25.3. The number of halogens is 1. The van der Waals surface area contributed by atoms with Gasteiger partial charge < -0.3 is 31.5 Å². The summed E-state index contributed by atoms with van der Waals surface area (Å²) in [7, 11) is 3.17. The van der Waals surface area contributed by atoms with E-state index in [0.29, 0.717) is 24.2 Å². The van der Waals surface area contributed by atoms with E-state index in [2.05, 4.69) is 5.32 Å². The summed E-state index contributed by atoms with van der Waals surface area (Å²) in [5.74, 6) is -7.15. The molecule has 1 unspecified atom stereocenters. The summed E-state index contributed by atoms with van der Waals surface area (Å²) >= 11 is 0. The molecule has 0 saturated heterocycles. The maximum Gasteiger partial charge on any atom is 0.255 e. The molecule has 0 spiro atoms. The summed E-state index contributed by atoms with van der Waals surface area (Å²) < 4.78 is 13.5. The van der Waals surface area contributed by atoms with Crippen LogP contribution in [0.2, 0.25) is 0 Å². The zero-order chi connectivity index (χ0) is 33.1. The number of phenols is 1. The smallest absolute Gasteiger partial charge is 0.255 e. The standard InChI is InChI=1S/C35H34FN3O7/c1-39(2)29-24-14-20-13-23-22(19-8-6-17(7-9-19)15-38-16-18-4-3-5-21(36)12-18)10-11-25(40)27(23)30(41)26(20)32(43)35(24,46)33(44)28(31(29)42)34(37)45/h3-12,20,24,29,38,40,42-43,46H,13-16H2,1-2H3,(H2,37,45)/t20-,24-,29?,35+/m1/s1. The number of hydrogen-bond donors (Lipinski definition) is 6. The van der Waals surface area contributed by atoms with Crippen LogP contribution in [0.3, 0.4) is 0 Å². The van der Waals surface area contributed by atoms with Crippen LogP contribution in [-0.4, -0.2) is 68.5 Å². The number of nitrogens with one attached hydrogen (secondary N) is 1. The highest BCUT2D eigenvalue weighted by molar-refractivity contribution is 6.24.